The maximum atomic E-state index is 10.2. The number of hydrogen-bond acceptors (Lipinski definition) is 2. The van der Waals surface area contributed by atoms with Crippen LogP contribution in [0, 0.1) is 52.3 Å². The third kappa shape index (κ3) is 10.9. The molecular formula is C44H80O2. The lowest BCUT2D eigenvalue weighted by Crippen LogP contribution is -2.50. The first-order chi connectivity index (χ1) is 22.1. The number of allylic oxidation sites excluding steroid dienone is 1. The van der Waals surface area contributed by atoms with Crippen molar-refractivity contribution in [1.29, 1.82) is 0 Å². The van der Waals surface area contributed by atoms with Crippen LogP contribution in [0.25, 0.3) is 0 Å². The molecule has 0 aromatic carbocycles. The van der Waals surface area contributed by atoms with Crippen LogP contribution in [-0.2, 0) is 4.79 Å². The van der Waals surface area contributed by atoms with Crippen molar-refractivity contribution in [2.75, 3.05) is 0 Å². The summed E-state index contributed by atoms with van der Waals surface area (Å²) in [4.78, 5) is 10.1. The van der Waals surface area contributed by atoms with E-state index in [-0.39, 0.29) is 6.10 Å². The molecule has 9 atom stereocenters. The summed E-state index contributed by atoms with van der Waals surface area (Å²) in [6.45, 7) is 17.3. The van der Waals surface area contributed by atoms with Gasteiger partial charge in [0.15, 0.2) is 0 Å². The van der Waals surface area contributed by atoms with Gasteiger partial charge in [0.05, 0.1) is 6.10 Å². The van der Waals surface area contributed by atoms with Crippen molar-refractivity contribution in [3.05, 3.63) is 11.6 Å². The Morgan fingerprint density at radius 3 is 1.98 bits per heavy atom. The van der Waals surface area contributed by atoms with Crippen molar-refractivity contribution in [2.45, 2.75) is 209 Å². The second kappa shape index (κ2) is 20.1. The predicted octanol–water partition coefficient (Wildman–Crippen LogP) is 13.3. The Balaban J connectivity index is 0.000000292. The van der Waals surface area contributed by atoms with Gasteiger partial charge in [0, 0.05) is 6.42 Å². The maximum Gasteiger partial charge on any atom is 0.119 e. The molecule has 0 bridgehead atoms. The van der Waals surface area contributed by atoms with Gasteiger partial charge < -0.3 is 9.90 Å². The Labute approximate surface area is 288 Å². The van der Waals surface area contributed by atoms with Crippen LogP contribution in [0.1, 0.15) is 203 Å². The SMILES string of the molecule is CC(C)[C@@H](C)CC[C@@H](C)[C@H]1CC[C@H]2[C@@H]3CC=C4CC(O)CC[C@]4(C)[C@H]3CC[C@]12C.CCCCCCCCCCCCCCCC=O. The lowest BCUT2D eigenvalue weighted by molar-refractivity contribution is -0.107. The average molecular weight is 641 g/mol. The normalized spacial score (nSPS) is 33.2. The van der Waals surface area contributed by atoms with Crippen LogP contribution in [0.3, 0.4) is 0 Å². The van der Waals surface area contributed by atoms with Crippen LogP contribution < -0.4 is 0 Å². The van der Waals surface area contributed by atoms with E-state index in [1.54, 1.807) is 5.57 Å². The molecular weight excluding hydrogens is 560 g/mol. The summed E-state index contributed by atoms with van der Waals surface area (Å²) in [6.07, 6.45) is 35.3. The quantitative estimate of drug-likeness (QED) is 0.0866. The van der Waals surface area contributed by atoms with Gasteiger partial charge in [0.25, 0.3) is 0 Å². The van der Waals surface area contributed by atoms with E-state index in [0.717, 1.165) is 73.4 Å². The molecule has 0 aromatic rings. The van der Waals surface area contributed by atoms with Crippen molar-refractivity contribution in [1.82, 2.24) is 0 Å². The Morgan fingerprint density at radius 2 is 1.39 bits per heavy atom. The number of carbonyl (C=O) groups is 1. The standard InChI is InChI=1S/C28H48O.C16H32O/c1-18(2)19(3)7-8-20(4)24-11-12-25-23-10-9-21-17-22(29)13-15-27(21,5)26(23)14-16-28(24,25)6;1-2-3-4-5-6-7-8-9-10-11-12-13-14-15-16-17/h9,18-20,22-26,29H,7-8,10-17H2,1-6H3;16H,2-15H2,1H3/t19-,20+,22?,23-,24+,25-,26-,27-,28+;/m0./s1. The van der Waals surface area contributed by atoms with Crippen LogP contribution >= 0.6 is 0 Å². The zero-order chi connectivity index (χ0) is 33.6. The van der Waals surface area contributed by atoms with Crippen molar-refractivity contribution in [3.63, 3.8) is 0 Å². The molecule has 46 heavy (non-hydrogen) atoms. The molecule has 4 aliphatic rings. The third-order valence-electron chi connectivity index (χ3n) is 14.5. The maximum absolute atomic E-state index is 10.2. The molecule has 2 heteroatoms. The first-order valence-corrected chi connectivity index (χ1v) is 20.9. The molecule has 3 fully saturated rings. The van der Waals surface area contributed by atoms with Gasteiger partial charge in [0.1, 0.15) is 6.29 Å². The number of rotatable bonds is 19. The number of aldehydes is 1. The number of carbonyl (C=O) groups excluding carboxylic acids is 1. The van der Waals surface area contributed by atoms with E-state index in [2.05, 4.69) is 54.5 Å². The average Bonchev–Trinajstić information content (AvgIpc) is 3.40. The van der Waals surface area contributed by atoms with Gasteiger partial charge in [-0.25, -0.2) is 0 Å². The van der Waals surface area contributed by atoms with Crippen LogP contribution in [0.5, 0.6) is 0 Å². The summed E-state index contributed by atoms with van der Waals surface area (Å²) in [5.74, 6) is 6.24. The molecule has 0 amide bonds. The smallest absolute Gasteiger partial charge is 0.119 e. The highest BCUT2D eigenvalue weighted by Crippen LogP contribution is 2.67. The molecule has 1 N–H and O–H groups in total. The van der Waals surface area contributed by atoms with E-state index < -0.39 is 0 Å². The first-order valence-electron chi connectivity index (χ1n) is 20.9. The number of hydrogen-bond donors (Lipinski definition) is 1. The van der Waals surface area contributed by atoms with Gasteiger partial charge >= 0.3 is 0 Å². The molecule has 4 aliphatic carbocycles. The van der Waals surface area contributed by atoms with Gasteiger partial charge in [0.2, 0.25) is 0 Å². The van der Waals surface area contributed by atoms with E-state index in [4.69, 9.17) is 0 Å². The third-order valence-corrected chi connectivity index (χ3v) is 14.5. The van der Waals surface area contributed by atoms with Crippen molar-refractivity contribution >= 4 is 6.29 Å². The van der Waals surface area contributed by atoms with Gasteiger partial charge in [-0.15, -0.1) is 0 Å². The second-order valence-electron chi connectivity index (χ2n) is 17.9. The lowest BCUT2D eigenvalue weighted by atomic mass is 9.47. The molecule has 3 saturated carbocycles. The van der Waals surface area contributed by atoms with Gasteiger partial charge in [-0.3, -0.25) is 0 Å². The van der Waals surface area contributed by atoms with Crippen molar-refractivity contribution in [2.24, 2.45) is 52.3 Å². The van der Waals surface area contributed by atoms with Gasteiger partial charge in [-0.2, -0.15) is 0 Å². The van der Waals surface area contributed by atoms with Crippen LogP contribution in [0.2, 0.25) is 0 Å². The molecule has 1 unspecified atom stereocenters. The Bertz CT molecular complexity index is 875. The molecule has 0 spiro atoms. The van der Waals surface area contributed by atoms with E-state index >= 15 is 0 Å². The van der Waals surface area contributed by atoms with E-state index in [9.17, 15) is 9.90 Å². The number of aliphatic hydroxyl groups is 1. The molecule has 0 heterocycles. The largest absolute Gasteiger partial charge is 0.393 e. The van der Waals surface area contributed by atoms with Crippen LogP contribution in [0.4, 0.5) is 0 Å². The highest BCUT2D eigenvalue weighted by molar-refractivity contribution is 5.48. The van der Waals surface area contributed by atoms with E-state index in [0.29, 0.717) is 10.8 Å². The summed E-state index contributed by atoms with van der Waals surface area (Å²) in [6, 6.07) is 0. The highest BCUT2D eigenvalue weighted by atomic mass is 16.3. The fourth-order valence-corrected chi connectivity index (χ4v) is 10.9. The molecule has 0 aliphatic heterocycles. The van der Waals surface area contributed by atoms with E-state index in [1.165, 1.54) is 128 Å². The first kappa shape index (κ1) is 39.8. The number of aliphatic hydroxyl groups excluding tert-OH is 1. The molecule has 0 aromatic heterocycles. The minimum absolute atomic E-state index is 0.0790. The number of fused-ring (bicyclic) bond motifs is 5. The fraction of sp³-hybridized carbons (Fsp3) is 0.932. The summed E-state index contributed by atoms with van der Waals surface area (Å²) in [5.41, 5.74) is 2.59. The topological polar surface area (TPSA) is 37.3 Å². The summed E-state index contributed by atoms with van der Waals surface area (Å²) >= 11 is 0. The predicted molar refractivity (Wildman–Crippen MR) is 200 cm³/mol. The van der Waals surface area contributed by atoms with Crippen molar-refractivity contribution < 1.29 is 9.90 Å². The highest BCUT2D eigenvalue weighted by Gasteiger charge is 2.59. The summed E-state index contributed by atoms with van der Waals surface area (Å²) in [5, 5.41) is 10.2. The fourth-order valence-electron chi connectivity index (χ4n) is 10.9. The zero-order valence-corrected chi connectivity index (χ0v) is 32.1. The zero-order valence-electron chi connectivity index (χ0n) is 32.1. The van der Waals surface area contributed by atoms with Crippen LogP contribution in [0.15, 0.2) is 11.6 Å². The monoisotopic (exact) mass is 641 g/mol. The van der Waals surface area contributed by atoms with E-state index in [1.807, 2.05) is 0 Å². The molecule has 268 valence electrons. The second-order valence-corrected chi connectivity index (χ2v) is 17.9. The van der Waals surface area contributed by atoms with Gasteiger partial charge in [-0.1, -0.05) is 150 Å². The molecule has 0 saturated heterocycles. The Morgan fingerprint density at radius 1 is 0.783 bits per heavy atom. The molecule has 4 rings (SSSR count). The van der Waals surface area contributed by atoms with Crippen LogP contribution in [-0.4, -0.2) is 17.5 Å². The number of unbranched alkanes of at least 4 members (excludes halogenated alkanes) is 13. The van der Waals surface area contributed by atoms with Crippen molar-refractivity contribution in [3.8, 4) is 0 Å². The van der Waals surface area contributed by atoms with Gasteiger partial charge in [-0.05, 0) is 110 Å². The summed E-state index contributed by atoms with van der Waals surface area (Å²) < 4.78 is 0. The molecule has 2 nitrogen and oxygen atoms in total. The lowest BCUT2D eigenvalue weighted by Gasteiger charge is -2.58. The Kier molecular flexibility index (Phi) is 17.4. The Hall–Kier alpha value is -0.630. The minimum atomic E-state index is -0.0790. The summed E-state index contributed by atoms with van der Waals surface area (Å²) in [7, 11) is 0. The minimum Gasteiger partial charge on any atom is -0.393 e. The molecule has 0 radical (unpaired) electrons.